The summed E-state index contributed by atoms with van der Waals surface area (Å²) in [5, 5.41) is 7.32. The monoisotopic (exact) mass is 499 g/mol. The predicted molar refractivity (Wildman–Crippen MR) is 144 cm³/mol. The van der Waals surface area contributed by atoms with Crippen molar-refractivity contribution in [2.45, 2.75) is 53.2 Å². The van der Waals surface area contributed by atoms with Gasteiger partial charge in [-0.3, -0.25) is 10.1 Å². The van der Waals surface area contributed by atoms with E-state index in [2.05, 4.69) is 53.3 Å². The third kappa shape index (κ3) is 6.17. The fourth-order valence-electron chi connectivity index (χ4n) is 3.98. The number of aromatic amines is 1. The molecule has 0 amide bonds. The summed E-state index contributed by atoms with van der Waals surface area (Å²) < 4.78 is 17.6. The number of carbonyl (C=O) groups excluding carboxylic acids is 1. The second-order valence-corrected chi connectivity index (χ2v) is 9.29. The Morgan fingerprint density at radius 3 is 2.30 bits per heavy atom. The first-order chi connectivity index (χ1) is 17.9. The minimum absolute atomic E-state index is 0.0727. The summed E-state index contributed by atoms with van der Waals surface area (Å²) in [4.78, 5) is 16.9. The lowest BCUT2D eigenvalue weighted by molar-refractivity contribution is 0.0520. The van der Waals surface area contributed by atoms with Gasteiger partial charge in [-0.05, 0) is 67.6 Å². The van der Waals surface area contributed by atoms with Gasteiger partial charge in [-0.15, -0.1) is 0 Å². The van der Waals surface area contributed by atoms with Crippen molar-refractivity contribution in [1.29, 1.82) is 0 Å². The number of pyridine rings is 1. The molecule has 2 aromatic carbocycles. The molecule has 2 aromatic heterocycles. The van der Waals surface area contributed by atoms with E-state index in [1.165, 1.54) is 5.56 Å². The molecule has 0 bridgehead atoms. The Kier molecular flexibility index (Phi) is 8.23. The first kappa shape index (κ1) is 25.9. The van der Waals surface area contributed by atoms with Crippen LogP contribution in [0.15, 0.2) is 67.0 Å². The lowest BCUT2D eigenvalue weighted by Gasteiger charge is -2.17. The van der Waals surface area contributed by atoms with Gasteiger partial charge in [-0.2, -0.15) is 5.10 Å². The Bertz CT molecular complexity index is 1330. The highest BCUT2D eigenvalue weighted by Crippen LogP contribution is 2.39. The SMILES string of the molecule is CCOC(=O)c1[nH]nc(-c2ccncc2)c1-c1ccc(OCc2ccc(C(C)C)cc2)c(OC(C)C)c1. The average Bonchev–Trinajstić information content (AvgIpc) is 3.34. The molecule has 0 aliphatic rings. The molecule has 0 spiro atoms. The van der Waals surface area contributed by atoms with Crippen LogP contribution in [0.3, 0.4) is 0 Å². The van der Waals surface area contributed by atoms with E-state index in [1.54, 1.807) is 19.3 Å². The number of carbonyl (C=O) groups is 1. The molecule has 4 rings (SSSR count). The van der Waals surface area contributed by atoms with Crippen molar-refractivity contribution in [2.24, 2.45) is 0 Å². The lowest BCUT2D eigenvalue weighted by Crippen LogP contribution is -2.09. The molecule has 0 aliphatic carbocycles. The van der Waals surface area contributed by atoms with Crippen LogP contribution in [0, 0.1) is 0 Å². The zero-order valence-electron chi connectivity index (χ0n) is 21.9. The zero-order chi connectivity index (χ0) is 26.4. The van der Waals surface area contributed by atoms with E-state index >= 15 is 0 Å². The Balaban J connectivity index is 1.71. The molecule has 0 unspecified atom stereocenters. The number of benzene rings is 2. The molecule has 1 N–H and O–H groups in total. The number of hydrogen-bond donors (Lipinski definition) is 1. The van der Waals surface area contributed by atoms with Gasteiger partial charge in [0.1, 0.15) is 12.3 Å². The minimum Gasteiger partial charge on any atom is -0.487 e. The average molecular weight is 500 g/mol. The molecule has 0 saturated heterocycles. The highest BCUT2D eigenvalue weighted by molar-refractivity contribution is 6.00. The number of hydrogen-bond acceptors (Lipinski definition) is 6. The van der Waals surface area contributed by atoms with Crippen LogP contribution in [0.25, 0.3) is 22.4 Å². The van der Waals surface area contributed by atoms with Crippen molar-refractivity contribution in [2.75, 3.05) is 6.61 Å². The van der Waals surface area contributed by atoms with E-state index in [1.807, 2.05) is 44.2 Å². The van der Waals surface area contributed by atoms with E-state index < -0.39 is 5.97 Å². The molecule has 0 atom stereocenters. The summed E-state index contributed by atoms with van der Waals surface area (Å²) in [5.74, 6) is 1.22. The van der Waals surface area contributed by atoms with Crippen LogP contribution >= 0.6 is 0 Å². The van der Waals surface area contributed by atoms with Crippen LogP contribution < -0.4 is 9.47 Å². The summed E-state index contributed by atoms with van der Waals surface area (Å²) in [6.45, 7) is 10.7. The van der Waals surface area contributed by atoms with E-state index in [0.29, 0.717) is 35.3 Å². The van der Waals surface area contributed by atoms with Gasteiger partial charge >= 0.3 is 5.97 Å². The molecule has 0 aliphatic heterocycles. The maximum Gasteiger partial charge on any atom is 0.357 e. The molecule has 4 aromatic rings. The predicted octanol–water partition coefficient (Wildman–Crippen LogP) is 6.81. The van der Waals surface area contributed by atoms with Crippen LogP contribution in [0.1, 0.15) is 62.2 Å². The van der Waals surface area contributed by atoms with Crippen LogP contribution in [-0.2, 0) is 11.3 Å². The molecule has 2 heterocycles. The normalized spacial score (nSPS) is 11.1. The summed E-state index contributed by atoms with van der Waals surface area (Å²) >= 11 is 0. The van der Waals surface area contributed by atoms with E-state index in [4.69, 9.17) is 14.2 Å². The van der Waals surface area contributed by atoms with Gasteiger partial charge in [0.05, 0.1) is 12.7 Å². The molecule has 37 heavy (non-hydrogen) atoms. The van der Waals surface area contributed by atoms with Gasteiger partial charge < -0.3 is 14.2 Å². The maximum atomic E-state index is 12.8. The highest BCUT2D eigenvalue weighted by atomic mass is 16.5. The van der Waals surface area contributed by atoms with Crippen molar-refractivity contribution >= 4 is 5.97 Å². The fraction of sp³-hybridized carbons (Fsp3) is 0.300. The van der Waals surface area contributed by atoms with Crippen molar-refractivity contribution in [1.82, 2.24) is 15.2 Å². The third-order valence-electron chi connectivity index (χ3n) is 5.84. The highest BCUT2D eigenvalue weighted by Gasteiger charge is 2.24. The third-order valence-corrected chi connectivity index (χ3v) is 5.84. The van der Waals surface area contributed by atoms with Gasteiger partial charge in [0, 0.05) is 23.5 Å². The topological polar surface area (TPSA) is 86.3 Å². The summed E-state index contributed by atoms with van der Waals surface area (Å²) in [6.07, 6.45) is 3.31. The smallest absolute Gasteiger partial charge is 0.357 e. The molecule has 0 saturated carbocycles. The van der Waals surface area contributed by atoms with Crippen LogP contribution in [-0.4, -0.2) is 33.9 Å². The van der Waals surface area contributed by atoms with Crippen LogP contribution in [0.4, 0.5) is 0 Å². The number of nitrogens with one attached hydrogen (secondary N) is 1. The number of H-pyrrole nitrogens is 1. The second kappa shape index (κ2) is 11.7. The van der Waals surface area contributed by atoms with Crippen molar-refractivity contribution in [3.05, 3.63) is 83.8 Å². The first-order valence-corrected chi connectivity index (χ1v) is 12.6. The molecular weight excluding hydrogens is 466 g/mol. The van der Waals surface area contributed by atoms with Crippen molar-refractivity contribution in [3.63, 3.8) is 0 Å². The number of nitrogens with zero attached hydrogens (tertiary/aromatic N) is 2. The van der Waals surface area contributed by atoms with Gasteiger partial charge in [0.2, 0.25) is 0 Å². The molecule has 0 radical (unpaired) electrons. The number of aromatic nitrogens is 3. The largest absolute Gasteiger partial charge is 0.487 e. The summed E-state index contributed by atoms with van der Waals surface area (Å²) in [6, 6.07) is 17.8. The second-order valence-electron chi connectivity index (χ2n) is 9.29. The Labute approximate surface area is 217 Å². The fourth-order valence-corrected chi connectivity index (χ4v) is 3.98. The van der Waals surface area contributed by atoms with E-state index in [0.717, 1.165) is 16.7 Å². The van der Waals surface area contributed by atoms with Crippen molar-refractivity contribution in [3.8, 4) is 33.9 Å². The quantitative estimate of drug-likeness (QED) is 0.241. The van der Waals surface area contributed by atoms with Gasteiger partial charge in [-0.1, -0.05) is 44.2 Å². The Morgan fingerprint density at radius 1 is 0.919 bits per heavy atom. The van der Waals surface area contributed by atoms with Crippen molar-refractivity contribution < 1.29 is 19.0 Å². The number of rotatable bonds is 10. The van der Waals surface area contributed by atoms with E-state index in [-0.39, 0.29) is 18.4 Å². The van der Waals surface area contributed by atoms with Crippen LogP contribution in [0.2, 0.25) is 0 Å². The van der Waals surface area contributed by atoms with Gasteiger partial charge in [0.15, 0.2) is 17.2 Å². The summed E-state index contributed by atoms with van der Waals surface area (Å²) in [5.41, 5.74) is 5.49. The molecule has 192 valence electrons. The molecular formula is C30H33N3O4. The van der Waals surface area contributed by atoms with E-state index in [9.17, 15) is 4.79 Å². The maximum absolute atomic E-state index is 12.8. The summed E-state index contributed by atoms with van der Waals surface area (Å²) in [7, 11) is 0. The Hall–Kier alpha value is -4.13. The molecule has 0 fully saturated rings. The number of ether oxygens (including phenoxy) is 3. The molecule has 7 nitrogen and oxygen atoms in total. The zero-order valence-corrected chi connectivity index (χ0v) is 21.9. The van der Waals surface area contributed by atoms with Crippen LogP contribution in [0.5, 0.6) is 11.5 Å². The number of esters is 1. The Morgan fingerprint density at radius 2 is 1.65 bits per heavy atom. The standard InChI is InChI=1S/C30H33N3O4/c1-6-35-30(34)29-27(28(32-33-29)23-13-15-31-16-14-23)24-11-12-25(26(17-24)37-20(4)5)36-18-21-7-9-22(10-8-21)19(2)3/h7-17,19-20H,6,18H2,1-5H3,(H,32,33). The lowest BCUT2D eigenvalue weighted by atomic mass is 9.99. The van der Waals surface area contributed by atoms with Gasteiger partial charge in [0.25, 0.3) is 0 Å². The minimum atomic E-state index is -0.471. The van der Waals surface area contributed by atoms with Gasteiger partial charge in [-0.25, -0.2) is 4.79 Å². The molecule has 7 heteroatoms. The first-order valence-electron chi connectivity index (χ1n) is 12.6.